The molecule has 0 unspecified atom stereocenters. The molecule has 1 aliphatic rings. The van der Waals surface area contributed by atoms with Gasteiger partial charge in [0.15, 0.2) is 0 Å². The van der Waals surface area contributed by atoms with E-state index in [1.54, 1.807) is 0 Å². The lowest BCUT2D eigenvalue weighted by atomic mass is 10.1. The van der Waals surface area contributed by atoms with Crippen LogP contribution < -0.4 is 10.2 Å². The van der Waals surface area contributed by atoms with Crippen LogP contribution in [0.3, 0.4) is 0 Å². The minimum atomic E-state index is -0.155. The van der Waals surface area contributed by atoms with Crippen molar-refractivity contribution in [3.63, 3.8) is 0 Å². The highest BCUT2D eigenvalue weighted by Gasteiger charge is 2.22. The van der Waals surface area contributed by atoms with Crippen molar-refractivity contribution in [1.29, 1.82) is 0 Å². The van der Waals surface area contributed by atoms with Crippen LogP contribution >= 0.6 is 27.7 Å². The van der Waals surface area contributed by atoms with Gasteiger partial charge >= 0.3 is 0 Å². The number of hydrogen-bond acceptors (Lipinski definition) is 7. The largest absolute Gasteiger partial charge is 0.411 e. The highest BCUT2D eigenvalue weighted by atomic mass is 79.9. The van der Waals surface area contributed by atoms with Gasteiger partial charge in [0.05, 0.1) is 5.75 Å². The van der Waals surface area contributed by atoms with Crippen LogP contribution in [-0.2, 0) is 4.79 Å². The van der Waals surface area contributed by atoms with Gasteiger partial charge in [0.25, 0.3) is 11.1 Å². The molecule has 2 heterocycles. The predicted octanol–water partition coefficient (Wildman–Crippen LogP) is 5.50. The molecule has 1 fully saturated rings. The number of carbonyl (C=O) groups is 2. The third-order valence-corrected chi connectivity index (χ3v) is 7.55. The van der Waals surface area contributed by atoms with Crippen LogP contribution in [-0.4, -0.2) is 58.8 Å². The molecule has 0 bridgehead atoms. The maximum Gasteiger partial charge on any atom is 0.277 e. The first-order valence-electron chi connectivity index (χ1n) is 12.2. The van der Waals surface area contributed by atoms with Gasteiger partial charge < -0.3 is 19.5 Å². The number of benzene rings is 3. The van der Waals surface area contributed by atoms with Gasteiger partial charge in [0.2, 0.25) is 11.8 Å². The van der Waals surface area contributed by atoms with E-state index in [0.29, 0.717) is 35.5 Å². The molecule has 3 aromatic carbocycles. The Hall–Kier alpha value is -3.63. The second-order valence-corrected chi connectivity index (χ2v) is 10.8. The van der Waals surface area contributed by atoms with E-state index in [4.69, 9.17) is 4.42 Å². The number of amides is 2. The Morgan fingerprint density at radius 1 is 0.921 bits per heavy atom. The summed E-state index contributed by atoms with van der Waals surface area (Å²) >= 11 is 4.60. The fourth-order valence-electron chi connectivity index (χ4n) is 4.10. The van der Waals surface area contributed by atoms with Crippen LogP contribution in [0.25, 0.3) is 11.5 Å². The van der Waals surface area contributed by atoms with Gasteiger partial charge in [-0.25, -0.2) is 0 Å². The van der Waals surface area contributed by atoms with Crippen LogP contribution in [0.2, 0.25) is 0 Å². The quantitative estimate of drug-likeness (QED) is 0.284. The summed E-state index contributed by atoms with van der Waals surface area (Å²) in [6, 6.07) is 23.0. The van der Waals surface area contributed by atoms with E-state index < -0.39 is 0 Å². The van der Waals surface area contributed by atoms with Crippen LogP contribution in [0.1, 0.15) is 15.9 Å². The lowest BCUT2D eigenvalue weighted by Gasteiger charge is -2.36. The number of nitrogens with zero attached hydrogens (tertiary/aromatic N) is 4. The van der Waals surface area contributed by atoms with E-state index in [-0.39, 0.29) is 17.6 Å². The van der Waals surface area contributed by atoms with Gasteiger partial charge in [0, 0.05) is 53.2 Å². The maximum atomic E-state index is 12.8. The monoisotopic (exact) mass is 591 g/mol. The number of aromatic nitrogens is 2. The molecule has 194 valence electrons. The predicted molar refractivity (Wildman–Crippen MR) is 153 cm³/mol. The second kappa shape index (κ2) is 11.8. The number of thioether (sulfide) groups is 1. The van der Waals surface area contributed by atoms with Gasteiger partial charge in [0.1, 0.15) is 0 Å². The summed E-state index contributed by atoms with van der Waals surface area (Å²) in [7, 11) is 0. The molecule has 5 rings (SSSR count). The SMILES string of the molecule is Cc1ccc(-c2nnc(SCC(=O)Nc3ccc(N4CCN(C(=O)c5ccc(Br)cc5)CC4)cc3)o2)cc1. The Kier molecular flexibility index (Phi) is 8.09. The molecule has 0 radical (unpaired) electrons. The topological polar surface area (TPSA) is 91.6 Å². The number of rotatable bonds is 7. The number of anilines is 2. The molecule has 10 heteroatoms. The molecular weight excluding hydrogens is 566 g/mol. The van der Waals surface area contributed by atoms with E-state index in [9.17, 15) is 9.59 Å². The lowest BCUT2D eigenvalue weighted by molar-refractivity contribution is -0.113. The zero-order chi connectivity index (χ0) is 26.5. The summed E-state index contributed by atoms with van der Waals surface area (Å²) in [6.07, 6.45) is 0. The Morgan fingerprint density at radius 2 is 1.61 bits per heavy atom. The molecule has 1 saturated heterocycles. The zero-order valence-corrected chi connectivity index (χ0v) is 23.2. The van der Waals surface area contributed by atoms with Crippen molar-refractivity contribution in [2.75, 3.05) is 42.1 Å². The van der Waals surface area contributed by atoms with Crippen molar-refractivity contribution in [3.05, 3.63) is 88.4 Å². The summed E-state index contributed by atoms with van der Waals surface area (Å²) in [5, 5.41) is 11.4. The summed E-state index contributed by atoms with van der Waals surface area (Å²) in [5.74, 6) is 0.492. The molecule has 8 nitrogen and oxygen atoms in total. The Balaban J connectivity index is 1.08. The van der Waals surface area contributed by atoms with Crippen LogP contribution in [0.5, 0.6) is 0 Å². The average molecular weight is 593 g/mol. The molecular formula is C28H26BrN5O3S. The summed E-state index contributed by atoms with van der Waals surface area (Å²) in [5.41, 5.74) is 4.47. The molecule has 2 amide bonds. The minimum Gasteiger partial charge on any atom is -0.411 e. The number of carbonyl (C=O) groups excluding carboxylic acids is 2. The van der Waals surface area contributed by atoms with Crippen LogP contribution in [0.4, 0.5) is 11.4 Å². The maximum absolute atomic E-state index is 12.8. The Morgan fingerprint density at radius 3 is 2.29 bits per heavy atom. The van der Waals surface area contributed by atoms with Crippen molar-refractivity contribution in [1.82, 2.24) is 15.1 Å². The van der Waals surface area contributed by atoms with Crippen molar-refractivity contribution >= 4 is 50.9 Å². The van der Waals surface area contributed by atoms with Gasteiger partial charge in [-0.2, -0.15) is 0 Å². The van der Waals surface area contributed by atoms with E-state index >= 15 is 0 Å². The van der Waals surface area contributed by atoms with Crippen LogP contribution in [0.15, 0.2) is 86.9 Å². The first-order valence-corrected chi connectivity index (χ1v) is 14.0. The Bertz CT molecular complexity index is 1400. The number of nitrogens with one attached hydrogen (secondary N) is 1. The number of halogens is 1. The van der Waals surface area contributed by atoms with Gasteiger partial charge in [-0.1, -0.05) is 45.4 Å². The molecule has 4 aromatic rings. The standard InChI is InChI=1S/C28H26BrN5O3S/c1-19-2-4-20(5-3-19)26-31-32-28(37-26)38-18-25(35)30-23-10-12-24(13-11-23)33-14-16-34(17-15-33)27(36)21-6-8-22(29)9-7-21/h2-13H,14-18H2,1H3,(H,30,35). The normalized spacial score (nSPS) is 13.4. The van der Waals surface area contributed by atoms with Crippen molar-refractivity contribution in [2.45, 2.75) is 12.1 Å². The first kappa shape index (κ1) is 26.0. The highest BCUT2D eigenvalue weighted by molar-refractivity contribution is 9.10. The molecule has 1 aliphatic heterocycles. The third-order valence-electron chi connectivity index (χ3n) is 6.21. The number of piperazine rings is 1. The van der Waals surface area contributed by atoms with Gasteiger partial charge in [-0.05, 0) is 67.6 Å². The molecule has 0 spiro atoms. The lowest BCUT2D eigenvalue weighted by Crippen LogP contribution is -2.48. The van der Waals surface area contributed by atoms with Crippen molar-refractivity contribution in [2.24, 2.45) is 0 Å². The fourth-order valence-corrected chi connectivity index (χ4v) is 4.93. The van der Waals surface area contributed by atoms with Crippen molar-refractivity contribution in [3.8, 4) is 11.5 Å². The average Bonchev–Trinajstić information content (AvgIpc) is 3.42. The van der Waals surface area contributed by atoms with E-state index in [0.717, 1.165) is 34.4 Å². The molecule has 1 N–H and O–H groups in total. The summed E-state index contributed by atoms with van der Waals surface area (Å²) < 4.78 is 6.63. The van der Waals surface area contributed by atoms with Crippen LogP contribution in [0, 0.1) is 6.92 Å². The van der Waals surface area contributed by atoms with E-state index in [2.05, 4.69) is 36.3 Å². The smallest absolute Gasteiger partial charge is 0.277 e. The molecule has 0 aliphatic carbocycles. The molecule has 0 atom stereocenters. The first-order chi connectivity index (χ1) is 18.4. The summed E-state index contributed by atoms with van der Waals surface area (Å²) in [6.45, 7) is 4.83. The van der Waals surface area contributed by atoms with Gasteiger partial charge in [-0.15, -0.1) is 10.2 Å². The fraction of sp³-hybridized carbons (Fsp3) is 0.214. The van der Waals surface area contributed by atoms with Crippen molar-refractivity contribution < 1.29 is 14.0 Å². The molecule has 0 saturated carbocycles. The summed E-state index contributed by atoms with van der Waals surface area (Å²) in [4.78, 5) is 29.3. The highest BCUT2D eigenvalue weighted by Crippen LogP contribution is 2.24. The zero-order valence-electron chi connectivity index (χ0n) is 20.8. The number of hydrogen-bond donors (Lipinski definition) is 1. The number of aryl methyl sites for hydroxylation is 1. The second-order valence-electron chi connectivity index (χ2n) is 8.91. The molecule has 38 heavy (non-hydrogen) atoms. The molecule has 1 aromatic heterocycles. The van der Waals surface area contributed by atoms with E-state index in [1.165, 1.54) is 11.8 Å². The third kappa shape index (κ3) is 6.43. The van der Waals surface area contributed by atoms with Gasteiger partial charge in [-0.3, -0.25) is 9.59 Å². The minimum absolute atomic E-state index is 0.0555. The van der Waals surface area contributed by atoms with E-state index in [1.807, 2.05) is 84.6 Å². The Labute approximate surface area is 233 Å².